The van der Waals surface area contributed by atoms with Gasteiger partial charge in [0.25, 0.3) is 10.0 Å². The molecule has 10 nitrogen and oxygen atoms in total. The summed E-state index contributed by atoms with van der Waals surface area (Å²) < 4.78 is 50.5. The molecular formula is C26H21ClFN7O3S. The third-order valence-electron chi connectivity index (χ3n) is 5.46. The molecule has 0 aliphatic carbocycles. The van der Waals surface area contributed by atoms with Crippen molar-refractivity contribution in [2.75, 3.05) is 16.6 Å². The molecule has 0 saturated carbocycles. The lowest BCUT2D eigenvalue weighted by Gasteiger charge is -2.13. The Balaban J connectivity index is 1.32. The van der Waals surface area contributed by atoms with E-state index in [0.717, 1.165) is 6.07 Å². The van der Waals surface area contributed by atoms with Crippen molar-refractivity contribution >= 4 is 33.3 Å². The van der Waals surface area contributed by atoms with Crippen molar-refractivity contribution < 1.29 is 17.5 Å². The van der Waals surface area contributed by atoms with Gasteiger partial charge in [-0.2, -0.15) is 0 Å². The fraction of sp³-hybridized carbons (Fsp3) is 0.0769. The fourth-order valence-corrected chi connectivity index (χ4v) is 5.18. The Bertz CT molecular complexity index is 1700. The molecule has 3 heterocycles. The van der Waals surface area contributed by atoms with Crippen LogP contribution in [0.25, 0.3) is 11.3 Å². The van der Waals surface area contributed by atoms with E-state index in [1.807, 2.05) is 10.8 Å². The van der Waals surface area contributed by atoms with Gasteiger partial charge in [0, 0.05) is 50.1 Å². The number of ether oxygens (including phenoxy) is 1. The number of aromatic nitrogens is 5. The molecule has 0 saturated heterocycles. The lowest BCUT2D eigenvalue weighted by Crippen LogP contribution is -2.13. The number of benzene rings is 2. The SMILES string of the molecule is O=S(=O)(Nc1ccc(Oc2ccncc2-c2ccnc(NCCn3ccnc3)n2)c(F)c1)c1ccccc1Cl. The van der Waals surface area contributed by atoms with Crippen LogP contribution in [-0.2, 0) is 16.6 Å². The Morgan fingerprint density at radius 2 is 1.87 bits per heavy atom. The van der Waals surface area contributed by atoms with E-state index in [-0.39, 0.29) is 21.4 Å². The largest absolute Gasteiger partial charge is 0.453 e. The minimum atomic E-state index is -4.02. The van der Waals surface area contributed by atoms with Crippen LogP contribution >= 0.6 is 11.6 Å². The second kappa shape index (κ2) is 11.5. The highest BCUT2D eigenvalue weighted by molar-refractivity contribution is 7.92. The van der Waals surface area contributed by atoms with Crippen molar-refractivity contribution in [1.82, 2.24) is 24.5 Å². The van der Waals surface area contributed by atoms with E-state index in [0.29, 0.717) is 36.0 Å². The van der Waals surface area contributed by atoms with Gasteiger partial charge in [-0.05, 0) is 36.4 Å². The fourth-order valence-electron chi connectivity index (χ4n) is 3.61. The van der Waals surface area contributed by atoms with Crippen molar-refractivity contribution in [2.24, 2.45) is 0 Å². The highest BCUT2D eigenvalue weighted by Gasteiger charge is 2.19. The highest BCUT2D eigenvalue weighted by Crippen LogP contribution is 2.34. The van der Waals surface area contributed by atoms with Gasteiger partial charge < -0.3 is 14.6 Å². The number of anilines is 2. The van der Waals surface area contributed by atoms with Crippen LogP contribution in [0.1, 0.15) is 0 Å². The van der Waals surface area contributed by atoms with Crippen LogP contribution in [0, 0.1) is 5.82 Å². The third kappa shape index (κ3) is 6.30. The Kier molecular flexibility index (Phi) is 7.66. The predicted molar refractivity (Wildman–Crippen MR) is 145 cm³/mol. The zero-order chi connectivity index (χ0) is 27.2. The maximum Gasteiger partial charge on any atom is 0.263 e. The number of nitrogens with one attached hydrogen (secondary N) is 2. The number of imidazole rings is 1. The average Bonchev–Trinajstić information content (AvgIpc) is 3.44. The maximum atomic E-state index is 15.0. The van der Waals surface area contributed by atoms with E-state index in [4.69, 9.17) is 16.3 Å². The number of hydrogen-bond acceptors (Lipinski definition) is 8. The van der Waals surface area contributed by atoms with E-state index < -0.39 is 15.8 Å². The predicted octanol–water partition coefficient (Wildman–Crippen LogP) is 5.23. The molecule has 0 atom stereocenters. The van der Waals surface area contributed by atoms with Gasteiger partial charge in [-0.1, -0.05) is 23.7 Å². The summed E-state index contributed by atoms with van der Waals surface area (Å²) in [4.78, 5) is 16.8. The summed E-state index contributed by atoms with van der Waals surface area (Å²) in [7, 11) is -4.02. The first-order valence-electron chi connectivity index (χ1n) is 11.6. The minimum absolute atomic E-state index is 0.0110. The molecule has 198 valence electrons. The Labute approximate surface area is 228 Å². The molecule has 2 N–H and O–H groups in total. The summed E-state index contributed by atoms with van der Waals surface area (Å²) in [5, 5.41) is 3.21. The van der Waals surface area contributed by atoms with Crippen molar-refractivity contribution in [3.8, 4) is 22.8 Å². The molecule has 2 aromatic carbocycles. The monoisotopic (exact) mass is 565 g/mol. The first-order chi connectivity index (χ1) is 18.9. The Hall–Kier alpha value is -4.55. The molecule has 0 aliphatic rings. The molecule has 13 heteroatoms. The van der Waals surface area contributed by atoms with Crippen LogP contribution in [-0.4, -0.2) is 39.5 Å². The molecule has 5 aromatic rings. The topological polar surface area (TPSA) is 124 Å². The lowest BCUT2D eigenvalue weighted by atomic mass is 10.2. The van der Waals surface area contributed by atoms with Gasteiger partial charge in [-0.25, -0.2) is 27.8 Å². The number of hydrogen-bond donors (Lipinski definition) is 2. The molecule has 3 aromatic heterocycles. The van der Waals surface area contributed by atoms with E-state index in [1.54, 1.807) is 49.2 Å². The Morgan fingerprint density at radius 1 is 1.00 bits per heavy atom. The maximum absolute atomic E-state index is 15.0. The van der Waals surface area contributed by atoms with Gasteiger partial charge in [-0.3, -0.25) is 9.71 Å². The summed E-state index contributed by atoms with van der Waals surface area (Å²) in [5.74, 6) is -0.183. The first kappa shape index (κ1) is 26.1. The van der Waals surface area contributed by atoms with Gasteiger partial charge in [-0.15, -0.1) is 0 Å². The summed E-state index contributed by atoms with van der Waals surface area (Å²) in [6.07, 6.45) is 9.94. The molecule has 0 amide bonds. The molecule has 0 fully saturated rings. The van der Waals surface area contributed by atoms with Gasteiger partial charge in [0.2, 0.25) is 5.95 Å². The lowest BCUT2D eigenvalue weighted by molar-refractivity contribution is 0.443. The zero-order valence-electron chi connectivity index (χ0n) is 20.2. The van der Waals surface area contributed by atoms with E-state index in [1.165, 1.54) is 30.5 Å². The van der Waals surface area contributed by atoms with Crippen LogP contribution in [0.3, 0.4) is 0 Å². The van der Waals surface area contributed by atoms with Gasteiger partial charge in [0.1, 0.15) is 10.6 Å². The molecule has 0 unspecified atom stereocenters. The minimum Gasteiger partial charge on any atom is -0.453 e. The molecule has 0 bridgehead atoms. The summed E-state index contributed by atoms with van der Waals surface area (Å²) in [5.41, 5.74) is 1.04. The van der Waals surface area contributed by atoms with Crippen molar-refractivity contribution in [3.63, 3.8) is 0 Å². The molecular weight excluding hydrogens is 545 g/mol. The average molecular weight is 566 g/mol. The summed E-state index contributed by atoms with van der Waals surface area (Å²) >= 11 is 6.01. The van der Waals surface area contributed by atoms with Gasteiger partial charge in [0.15, 0.2) is 11.6 Å². The molecule has 0 aliphatic heterocycles. The summed E-state index contributed by atoms with van der Waals surface area (Å²) in [6.45, 7) is 1.26. The smallest absolute Gasteiger partial charge is 0.263 e. The number of pyridine rings is 1. The Morgan fingerprint density at radius 3 is 2.67 bits per heavy atom. The number of sulfonamides is 1. The number of rotatable bonds is 10. The van der Waals surface area contributed by atoms with Crippen molar-refractivity contribution in [2.45, 2.75) is 11.4 Å². The molecule has 0 radical (unpaired) electrons. The zero-order valence-corrected chi connectivity index (χ0v) is 21.8. The van der Waals surface area contributed by atoms with Crippen LogP contribution < -0.4 is 14.8 Å². The third-order valence-corrected chi connectivity index (χ3v) is 7.34. The van der Waals surface area contributed by atoms with Gasteiger partial charge in [0.05, 0.1) is 28.3 Å². The second-order valence-corrected chi connectivity index (χ2v) is 10.2. The second-order valence-electron chi connectivity index (χ2n) is 8.15. The van der Waals surface area contributed by atoms with E-state index in [9.17, 15) is 8.42 Å². The van der Waals surface area contributed by atoms with Crippen molar-refractivity contribution in [1.29, 1.82) is 0 Å². The van der Waals surface area contributed by atoms with Crippen LogP contribution in [0.15, 0.2) is 96.8 Å². The van der Waals surface area contributed by atoms with Crippen LogP contribution in [0.2, 0.25) is 5.02 Å². The van der Waals surface area contributed by atoms with Crippen LogP contribution in [0.5, 0.6) is 11.5 Å². The van der Waals surface area contributed by atoms with E-state index in [2.05, 4.69) is 30.0 Å². The quantitative estimate of drug-likeness (QED) is 0.236. The van der Waals surface area contributed by atoms with Crippen LogP contribution in [0.4, 0.5) is 16.0 Å². The van der Waals surface area contributed by atoms with E-state index >= 15 is 4.39 Å². The first-order valence-corrected chi connectivity index (χ1v) is 13.5. The standard InChI is InChI=1S/C26H21ClFN7O3S/c27-20-3-1-2-4-25(20)39(36,37)34-18-5-6-24(21(28)15-18)38-23-8-9-29-16-19(23)22-7-10-31-26(33-22)32-12-14-35-13-11-30-17-35/h1-11,13,15-17,34H,12,14H2,(H,31,32,33). The molecule has 5 rings (SSSR count). The normalized spacial score (nSPS) is 11.2. The molecule has 39 heavy (non-hydrogen) atoms. The number of nitrogens with zero attached hydrogens (tertiary/aromatic N) is 5. The molecule has 0 spiro atoms. The highest BCUT2D eigenvalue weighted by atomic mass is 35.5. The summed E-state index contributed by atoms with van der Waals surface area (Å²) in [6, 6.07) is 13.0. The van der Waals surface area contributed by atoms with Gasteiger partial charge >= 0.3 is 0 Å². The van der Waals surface area contributed by atoms with Crippen molar-refractivity contribution in [3.05, 3.63) is 103 Å². The number of halogens is 2.